The molecule has 2 fully saturated rings. The van der Waals surface area contributed by atoms with Gasteiger partial charge in [-0.1, -0.05) is 0 Å². The van der Waals surface area contributed by atoms with Gasteiger partial charge in [0.15, 0.2) is 0 Å². The monoisotopic (exact) mass is 474 g/mol. The highest BCUT2D eigenvalue weighted by atomic mass is 19.1. The molecule has 2 saturated heterocycles. The highest BCUT2D eigenvalue weighted by Gasteiger charge is 2.30. The second kappa shape index (κ2) is 9.11. The molecule has 35 heavy (non-hydrogen) atoms. The largest absolute Gasteiger partial charge is 0.381 e. The molecule has 6 nitrogen and oxygen atoms in total. The number of fused-ring (bicyclic) bond motifs is 2. The number of halogens is 1. The number of ether oxygens (including phenoxy) is 1. The minimum Gasteiger partial charge on any atom is -0.381 e. The summed E-state index contributed by atoms with van der Waals surface area (Å²) >= 11 is 0. The molecule has 2 aromatic carbocycles. The Hall–Kier alpha value is -3.19. The molecule has 2 aliphatic rings. The van der Waals surface area contributed by atoms with Gasteiger partial charge in [0.25, 0.3) is 0 Å². The lowest BCUT2D eigenvalue weighted by Crippen LogP contribution is -2.37. The lowest BCUT2D eigenvalue weighted by Gasteiger charge is -2.32. The van der Waals surface area contributed by atoms with Crippen LogP contribution in [0, 0.1) is 11.7 Å². The number of hydrogen-bond acceptors (Lipinski definition) is 3. The predicted molar refractivity (Wildman–Crippen MR) is 134 cm³/mol. The molecule has 0 spiro atoms. The van der Waals surface area contributed by atoms with Gasteiger partial charge in [-0.25, -0.2) is 4.39 Å². The van der Waals surface area contributed by atoms with Crippen LogP contribution in [-0.2, 0) is 16.0 Å². The third kappa shape index (κ3) is 4.12. The van der Waals surface area contributed by atoms with Gasteiger partial charge in [0.05, 0.1) is 17.2 Å². The van der Waals surface area contributed by atoms with Gasteiger partial charge in [-0.3, -0.25) is 9.89 Å². The minimum atomic E-state index is -0.229. The van der Waals surface area contributed by atoms with E-state index in [4.69, 9.17) is 4.74 Å². The van der Waals surface area contributed by atoms with Crippen molar-refractivity contribution in [3.63, 3.8) is 0 Å². The van der Waals surface area contributed by atoms with Crippen molar-refractivity contribution in [1.82, 2.24) is 19.7 Å². The molecule has 7 heteroatoms. The number of nitrogens with zero attached hydrogens (tertiary/aromatic N) is 3. The fourth-order valence-electron chi connectivity index (χ4n) is 6.03. The molecule has 0 atom stereocenters. The van der Waals surface area contributed by atoms with E-state index in [0.29, 0.717) is 11.8 Å². The van der Waals surface area contributed by atoms with Crippen molar-refractivity contribution in [3.05, 3.63) is 59.7 Å². The Kier molecular flexibility index (Phi) is 5.80. The first kappa shape index (κ1) is 22.3. The fraction of sp³-hybridized carbons (Fsp3) is 0.429. The van der Waals surface area contributed by atoms with E-state index in [1.165, 1.54) is 16.6 Å². The Bertz CT molecular complexity index is 1360. The Labute approximate surface area is 204 Å². The van der Waals surface area contributed by atoms with Crippen molar-refractivity contribution >= 4 is 27.7 Å². The van der Waals surface area contributed by atoms with Crippen LogP contribution in [0.1, 0.15) is 49.8 Å². The summed E-state index contributed by atoms with van der Waals surface area (Å²) < 4.78 is 22.0. The molecule has 182 valence electrons. The average Bonchev–Trinajstić information content (AvgIpc) is 3.46. The van der Waals surface area contributed by atoms with Gasteiger partial charge < -0.3 is 14.2 Å². The number of carbonyl (C=O) groups is 1. The summed E-state index contributed by atoms with van der Waals surface area (Å²) in [7, 11) is 0. The molecule has 0 saturated carbocycles. The number of aromatic amines is 1. The van der Waals surface area contributed by atoms with E-state index in [1.54, 1.807) is 19.1 Å². The molecule has 0 aliphatic carbocycles. The average molecular weight is 475 g/mol. The maximum absolute atomic E-state index is 13.9. The van der Waals surface area contributed by atoms with Crippen molar-refractivity contribution in [2.24, 2.45) is 5.92 Å². The van der Waals surface area contributed by atoms with Gasteiger partial charge in [0, 0.05) is 61.3 Å². The zero-order valence-electron chi connectivity index (χ0n) is 20.1. The van der Waals surface area contributed by atoms with Crippen molar-refractivity contribution < 1.29 is 13.9 Å². The molecule has 4 aromatic rings. The van der Waals surface area contributed by atoms with E-state index in [-0.39, 0.29) is 11.7 Å². The first-order chi connectivity index (χ1) is 17.1. The third-order valence-electron chi connectivity index (χ3n) is 7.92. The second-order valence-electron chi connectivity index (χ2n) is 10.0. The smallest absolute Gasteiger partial charge is 0.219 e. The van der Waals surface area contributed by atoms with Gasteiger partial charge >= 0.3 is 0 Å². The van der Waals surface area contributed by atoms with E-state index < -0.39 is 0 Å². The first-order valence-electron chi connectivity index (χ1n) is 12.7. The molecule has 1 N–H and O–H groups in total. The number of piperidine rings is 1. The van der Waals surface area contributed by atoms with E-state index in [9.17, 15) is 9.18 Å². The highest BCUT2D eigenvalue weighted by Crippen LogP contribution is 2.41. The topological polar surface area (TPSA) is 63.1 Å². The number of hydrogen-bond donors (Lipinski definition) is 1. The number of carbonyl (C=O) groups excluding carboxylic acids is 1. The molecule has 6 rings (SSSR count). The molecular formula is C28H31FN4O2. The standard InChI is InChI=1S/C28H31FN4O2/c1-18(34)32-10-6-19(7-11-32)14-25-24-16-26-21(17-30-31-26)15-27(24)33(23-4-2-22(29)3-5-23)28(25)20-8-12-35-13-9-20/h2-5,15-17,19-20H,6-14H2,1H3,(H,30,31). The molecule has 0 unspecified atom stereocenters. The van der Waals surface area contributed by atoms with Crippen molar-refractivity contribution in [1.29, 1.82) is 0 Å². The lowest BCUT2D eigenvalue weighted by atomic mass is 9.85. The summed E-state index contributed by atoms with van der Waals surface area (Å²) in [4.78, 5) is 13.8. The maximum Gasteiger partial charge on any atom is 0.219 e. The highest BCUT2D eigenvalue weighted by molar-refractivity contribution is 5.98. The van der Waals surface area contributed by atoms with Crippen LogP contribution in [0.2, 0.25) is 0 Å². The van der Waals surface area contributed by atoms with Crippen LogP contribution < -0.4 is 0 Å². The molecule has 0 bridgehead atoms. The molecule has 4 heterocycles. The Balaban J connectivity index is 1.52. The number of rotatable bonds is 4. The fourth-order valence-corrected chi connectivity index (χ4v) is 6.03. The summed E-state index contributed by atoms with van der Waals surface area (Å²) in [5, 5.41) is 9.71. The molecule has 0 radical (unpaired) electrons. The summed E-state index contributed by atoms with van der Waals surface area (Å²) in [5.41, 5.74) is 5.88. The molecular weight excluding hydrogens is 443 g/mol. The van der Waals surface area contributed by atoms with Crippen LogP contribution in [-0.4, -0.2) is 51.9 Å². The lowest BCUT2D eigenvalue weighted by molar-refractivity contribution is -0.130. The maximum atomic E-state index is 13.9. The van der Waals surface area contributed by atoms with Crippen LogP contribution in [0.5, 0.6) is 0 Å². The molecule has 1 amide bonds. The van der Waals surface area contributed by atoms with E-state index in [0.717, 1.165) is 80.5 Å². The second-order valence-corrected chi connectivity index (χ2v) is 10.0. The Morgan fingerprint density at radius 3 is 2.57 bits per heavy atom. The predicted octanol–water partition coefficient (Wildman–Crippen LogP) is 5.34. The van der Waals surface area contributed by atoms with Crippen LogP contribution >= 0.6 is 0 Å². The minimum absolute atomic E-state index is 0.167. The number of benzene rings is 2. The van der Waals surface area contributed by atoms with E-state index in [2.05, 4.69) is 26.9 Å². The van der Waals surface area contributed by atoms with E-state index >= 15 is 0 Å². The number of nitrogens with one attached hydrogen (secondary N) is 1. The summed E-state index contributed by atoms with van der Waals surface area (Å²) in [6, 6.07) is 11.3. The van der Waals surface area contributed by atoms with Crippen molar-refractivity contribution in [2.45, 2.75) is 44.9 Å². The van der Waals surface area contributed by atoms with Crippen LogP contribution in [0.25, 0.3) is 27.5 Å². The van der Waals surface area contributed by atoms with Gasteiger partial charge in [-0.2, -0.15) is 5.10 Å². The summed E-state index contributed by atoms with van der Waals surface area (Å²) in [6.45, 7) is 4.84. The first-order valence-corrected chi connectivity index (χ1v) is 12.7. The van der Waals surface area contributed by atoms with Crippen molar-refractivity contribution in [3.8, 4) is 5.69 Å². The Morgan fingerprint density at radius 2 is 1.86 bits per heavy atom. The van der Waals surface area contributed by atoms with Crippen LogP contribution in [0.4, 0.5) is 4.39 Å². The van der Waals surface area contributed by atoms with Gasteiger partial charge in [0.2, 0.25) is 5.91 Å². The third-order valence-corrected chi connectivity index (χ3v) is 7.92. The van der Waals surface area contributed by atoms with Crippen molar-refractivity contribution in [2.75, 3.05) is 26.3 Å². The van der Waals surface area contributed by atoms with Gasteiger partial charge in [-0.15, -0.1) is 0 Å². The van der Waals surface area contributed by atoms with Crippen LogP contribution in [0.3, 0.4) is 0 Å². The van der Waals surface area contributed by atoms with Gasteiger partial charge in [-0.05, 0) is 80.0 Å². The quantitative estimate of drug-likeness (QED) is 0.434. The zero-order valence-corrected chi connectivity index (χ0v) is 20.1. The number of H-pyrrole nitrogens is 1. The SMILES string of the molecule is CC(=O)N1CCC(Cc2c(C3CCOCC3)n(-c3ccc(F)cc3)c3cc4cn[nH]c4cc23)CC1. The number of aromatic nitrogens is 3. The summed E-state index contributed by atoms with van der Waals surface area (Å²) in [5.74, 6) is 0.840. The molecule has 2 aliphatic heterocycles. The number of likely N-dealkylation sites (tertiary alicyclic amines) is 1. The Morgan fingerprint density at radius 1 is 1.11 bits per heavy atom. The zero-order chi connectivity index (χ0) is 23.9. The van der Waals surface area contributed by atoms with E-state index in [1.807, 2.05) is 23.2 Å². The normalized spacial score (nSPS) is 18.1. The van der Waals surface area contributed by atoms with Crippen LogP contribution in [0.15, 0.2) is 42.6 Å². The molecule has 2 aromatic heterocycles. The summed E-state index contributed by atoms with van der Waals surface area (Å²) in [6.07, 6.45) is 6.83. The number of amides is 1. The van der Waals surface area contributed by atoms with Gasteiger partial charge in [0.1, 0.15) is 5.82 Å².